The maximum atomic E-state index is 13.2. The van der Waals surface area contributed by atoms with E-state index in [2.05, 4.69) is 5.10 Å². The lowest BCUT2D eigenvalue weighted by Crippen LogP contribution is -2.15. The second-order valence-electron chi connectivity index (χ2n) is 6.62. The largest absolute Gasteiger partial charge is 0.497 e. The fourth-order valence-electron chi connectivity index (χ4n) is 2.98. The monoisotopic (exact) mass is 446 g/mol. The highest BCUT2D eigenvalue weighted by atomic mass is 35.5. The first-order valence-electron chi connectivity index (χ1n) is 9.20. The van der Waals surface area contributed by atoms with Gasteiger partial charge < -0.3 is 9.47 Å². The maximum absolute atomic E-state index is 13.2. The molecule has 1 aromatic heterocycles. The summed E-state index contributed by atoms with van der Waals surface area (Å²) >= 11 is 12.6. The van der Waals surface area contributed by atoms with Gasteiger partial charge in [0.15, 0.2) is 0 Å². The van der Waals surface area contributed by atoms with Gasteiger partial charge in [0.2, 0.25) is 11.7 Å². The number of nitrogens with zero attached hydrogens (tertiary/aromatic N) is 2. The average Bonchev–Trinajstić information content (AvgIpc) is 3.16. The van der Waals surface area contributed by atoms with Crippen LogP contribution in [0.5, 0.6) is 11.6 Å². The van der Waals surface area contributed by atoms with E-state index in [1.54, 1.807) is 44.2 Å². The zero-order chi connectivity index (χ0) is 22.0. The quantitative estimate of drug-likeness (QED) is 0.380. The number of benzene rings is 2. The van der Waals surface area contributed by atoms with Crippen molar-refractivity contribution in [3.63, 3.8) is 0 Å². The second-order valence-corrected chi connectivity index (χ2v) is 7.38. The lowest BCUT2D eigenvalue weighted by molar-refractivity contribution is 0.0716. The van der Waals surface area contributed by atoms with Crippen LogP contribution in [0.3, 0.4) is 0 Å². The van der Waals surface area contributed by atoms with Gasteiger partial charge in [-0.15, -0.1) is 0 Å². The van der Waals surface area contributed by atoms with Gasteiger partial charge in [0.25, 0.3) is 0 Å². The SMILES string of the molecule is CCn1ncc(C(=O)c2cc(C)c(Cl)c(C)c2Cl)c1OC(=O)c1ccc(OC)cc1. The van der Waals surface area contributed by atoms with Gasteiger partial charge >= 0.3 is 5.97 Å². The molecule has 6 nitrogen and oxygen atoms in total. The van der Waals surface area contributed by atoms with E-state index in [1.165, 1.54) is 18.0 Å². The molecule has 0 unspecified atom stereocenters. The number of hydrogen-bond acceptors (Lipinski definition) is 5. The highest BCUT2D eigenvalue weighted by molar-refractivity contribution is 6.39. The average molecular weight is 447 g/mol. The molecule has 30 heavy (non-hydrogen) atoms. The van der Waals surface area contributed by atoms with E-state index >= 15 is 0 Å². The zero-order valence-corrected chi connectivity index (χ0v) is 18.5. The normalized spacial score (nSPS) is 10.7. The predicted molar refractivity (Wildman–Crippen MR) is 115 cm³/mol. The van der Waals surface area contributed by atoms with Gasteiger partial charge in [-0.2, -0.15) is 5.10 Å². The Morgan fingerprint density at radius 1 is 1.07 bits per heavy atom. The number of rotatable bonds is 6. The molecule has 0 atom stereocenters. The van der Waals surface area contributed by atoms with Crippen molar-refractivity contribution in [1.29, 1.82) is 0 Å². The van der Waals surface area contributed by atoms with Crippen LogP contribution < -0.4 is 9.47 Å². The Morgan fingerprint density at radius 2 is 1.73 bits per heavy atom. The first-order valence-corrected chi connectivity index (χ1v) is 9.96. The van der Waals surface area contributed by atoms with Crippen molar-refractivity contribution in [3.05, 3.63) is 74.4 Å². The van der Waals surface area contributed by atoms with Crippen LogP contribution in [0, 0.1) is 13.8 Å². The minimum Gasteiger partial charge on any atom is -0.497 e. The number of carbonyl (C=O) groups is 2. The molecule has 8 heteroatoms. The highest BCUT2D eigenvalue weighted by Crippen LogP contribution is 2.33. The van der Waals surface area contributed by atoms with Crippen molar-refractivity contribution < 1.29 is 19.1 Å². The molecule has 0 radical (unpaired) electrons. The van der Waals surface area contributed by atoms with Crippen molar-refractivity contribution >= 4 is 35.0 Å². The third-order valence-corrected chi connectivity index (χ3v) is 5.77. The van der Waals surface area contributed by atoms with Gasteiger partial charge in [0.05, 0.1) is 23.9 Å². The molecule has 0 aliphatic heterocycles. The number of esters is 1. The summed E-state index contributed by atoms with van der Waals surface area (Å²) in [5.74, 6) is -0.342. The third-order valence-electron chi connectivity index (χ3n) is 4.70. The van der Waals surface area contributed by atoms with Crippen molar-refractivity contribution in [2.75, 3.05) is 7.11 Å². The summed E-state index contributed by atoms with van der Waals surface area (Å²) in [6, 6.07) is 8.09. The topological polar surface area (TPSA) is 70.4 Å². The smallest absolute Gasteiger partial charge is 0.344 e. The molecule has 1 heterocycles. The molecule has 0 aliphatic rings. The van der Waals surface area contributed by atoms with E-state index < -0.39 is 11.8 Å². The summed E-state index contributed by atoms with van der Waals surface area (Å²) in [5.41, 5.74) is 2.06. The van der Waals surface area contributed by atoms with Crippen LogP contribution in [0.1, 0.15) is 44.3 Å². The van der Waals surface area contributed by atoms with Crippen molar-refractivity contribution in [1.82, 2.24) is 9.78 Å². The Balaban J connectivity index is 1.99. The second kappa shape index (κ2) is 8.90. The Morgan fingerprint density at radius 3 is 2.33 bits per heavy atom. The maximum Gasteiger partial charge on any atom is 0.344 e. The van der Waals surface area contributed by atoms with Crippen LogP contribution in [0.15, 0.2) is 36.5 Å². The molecule has 2 aromatic carbocycles. The molecule has 0 bridgehead atoms. The van der Waals surface area contributed by atoms with Crippen LogP contribution >= 0.6 is 23.2 Å². The molecule has 0 fully saturated rings. The summed E-state index contributed by atoms with van der Waals surface area (Å²) in [4.78, 5) is 25.9. The van der Waals surface area contributed by atoms with Gasteiger partial charge in [-0.25, -0.2) is 9.48 Å². The van der Waals surface area contributed by atoms with E-state index in [9.17, 15) is 9.59 Å². The van der Waals surface area contributed by atoms with Gasteiger partial charge in [0.1, 0.15) is 11.3 Å². The van der Waals surface area contributed by atoms with E-state index in [4.69, 9.17) is 32.7 Å². The van der Waals surface area contributed by atoms with Gasteiger partial charge in [-0.05, 0) is 62.2 Å². The van der Waals surface area contributed by atoms with Crippen molar-refractivity contribution in [3.8, 4) is 11.6 Å². The number of hydrogen-bond donors (Lipinski definition) is 0. The molecule has 156 valence electrons. The van der Waals surface area contributed by atoms with Gasteiger partial charge in [-0.1, -0.05) is 23.2 Å². The molecule has 0 amide bonds. The molecular formula is C22H20Cl2N2O4. The van der Waals surface area contributed by atoms with Crippen molar-refractivity contribution in [2.24, 2.45) is 0 Å². The van der Waals surface area contributed by atoms with Crippen LogP contribution in [-0.4, -0.2) is 28.6 Å². The van der Waals surface area contributed by atoms with Gasteiger partial charge in [-0.3, -0.25) is 4.79 Å². The standard InChI is InChI=1S/C22H20Cl2N2O4/c1-5-26-21(30-22(28)14-6-8-15(29-4)9-7-14)17(11-25-26)20(27)16-10-12(2)18(23)13(3)19(16)24/h6-11H,5H2,1-4H3. The van der Waals surface area contributed by atoms with Crippen molar-refractivity contribution in [2.45, 2.75) is 27.3 Å². The fourth-order valence-corrected chi connectivity index (χ4v) is 3.42. The number of ketones is 1. The Labute approximate surface area is 184 Å². The molecule has 0 spiro atoms. The van der Waals surface area contributed by atoms with Gasteiger partial charge in [0, 0.05) is 17.1 Å². The number of aromatic nitrogens is 2. The molecule has 3 rings (SSSR count). The van der Waals surface area contributed by atoms with Crippen LogP contribution in [0.4, 0.5) is 0 Å². The van der Waals surface area contributed by atoms with Crippen LogP contribution in [0.2, 0.25) is 10.0 Å². The van der Waals surface area contributed by atoms with Crippen LogP contribution in [-0.2, 0) is 6.54 Å². The fraction of sp³-hybridized carbons (Fsp3) is 0.227. The summed E-state index contributed by atoms with van der Waals surface area (Å²) < 4.78 is 12.1. The number of aryl methyl sites for hydroxylation is 2. The molecule has 0 saturated carbocycles. The Kier molecular flexibility index (Phi) is 6.48. The zero-order valence-electron chi connectivity index (χ0n) is 17.0. The van der Waals surface area contributed by atoms with E-state index in [1.807, 2.05) is 6.92 Å². The number of methoxy groups -OCH3 is 1. The molecular weight excluding hydrogens is 427 g/mol. The lowest BCUT2D eigenvalue weighted by Gasteiger charge is -2.12. The van der Waals surface area contributed by atoms with E-state index in [0.29, 0.717) is 28.4 Å². The Bertz CT molecular complexity index is 1120. The predicted octanol–water partition coefficient (Wildman–Crippen LogP) is 5.29. The summed E-state index contributed by atoms with van der Waals surface area (Å²) in [6.07, 6.45) is 1.37. The lowest BCUT2D eigenvalue weighted by atomic mass is 10.0. The highest BCUT2D eigenvalue weighted by Gasteiger charge is 2.26. The van der Waals surface area contributed by atoms with E-state index in [0.717, 1.165) is 5.56 Å². The van der Waals surface area contributed by atoms with Crippen LogP contribution in [0.25, 0.3) is 0 Å². The van der Waals surface area contributed by atoms with E-state index in [-0.39, 0.29) is 22.0 Å². The first kappa shape index (κ1) is 21.9. The first-order chi connectivity index (χ1) is 14.3. The molecule has 0 saturated heterocycles. The Hall–Kier alpha value is -2.83. The molecule has 3 aromatic rings. The molecule has 0 N–H and O–H groups in total. The summed E-state index contributed by atoms with van der Waals surface area (Å²) in [5, 5.41) is 4.94. The summed E-state index contributed by atoms with van der Waals surface area (Å²) in [7, 11) is 1.54. The summed E-state index contributed by atoms with van der Waals surface area (Å²) in [6.45, 7) is 5.78. The number of carbonyl (C=O) groups excluding carboxylic acids is 2. The number of ether oxygens (including phenoxy) is 2. The minimum absolute atomic E-state index is 0.0599. The third kappa shape index (κ3) is 4.06. The molecule has 0 aliphatic carbocycles. The minimum atomic E-state index is -0.614. The number of halogens is 2.